The van der Waals surface area contributed by atoms with Crippen molar-refractivity contribution >= 4 is 33.2 Å². The van der Waals surface area contributed by atoms with Crippen molar-refractivity contribution in [3.8, 4) is 0 Å². The highest BCUT2D eigenvalue weighted by Crippen LogP contribution is 2.19. The Balaban J connectivity index is 2.74. The van der Waals surface area contributed by atoms with Crippen LogP contribution in [0.25, 0.3) is 0 Å². The second-order valence-electron chi connectivity index (χ2n) is 5.79. The van der Waals surface area contributed by atoms with E-state index in [-0.39, 0.29) is 12.5 Å². The van der Waals surface area contributed by atoms with Crippen molar-refractivity contribution in [3.05, 3.63) is 28.8 Å². The highest BCUT2D eigenvalue weighted by molar-refractivity contribution is 7.88. The Bertz CT molecular complexity index is 630. The maximum atomic E-state index is 12.1. The second-order valence-corrected chi connectivity index (χ2v) is 8.21. The van der Waals surface area contributed by atoms with Crippen LogP contribution in [-0.2, 0) is 14.8 Å². The molecule has 0 fully saturated rings. The summed E-state index contributed by atoms with van der Waals surface area (Å²) >= 11 is 5.87. The molecule has 22 heavy (non-hydrogen) atoms. The summed E-state index contributed by atoms with van der Waals surface area (Å²) in [7, 11) is -3.41. The first kappa shape index (κ1) is 18.9. The minimum Gasteiger partial charge on any atom is -0.325 e. The van der Waals surface area contributed by atoms with E-state index >= 15 is 0 Å². The van der Waals surface area contributed by atoms with Gasteiger partial charge in [0.2, 0.25) is 15.9 Å². The van der Waals surface area contributed by atoms with E-state index in [1.807, 2.05) is 20.8 Å². The number of aryl methyl sites for hydroxylation is 1. The van der Waals surface area contributed by atoms with E-state index in [0.29, 0.717) is 29.6 Å². The standard InChI is InChI=1S/C15H23ClN2O3S/c1-11(2)7-8-18(22(4,20)21)10-15(19)17-14-6-5-13(16)9-12(14)3/h5-6,9,11H,7-8,10H2,1-4H3,(H,17,19). The number of nitrogens with zero attached hydrogens (tertiary/aromatic N) is 1. The molecule has 0 bridgehead atoms. The minimum atomic E-state index is -3.41. The Kier molecular flexibility index (Phi) is 6.84. The maximum Gasteiger partial charge on any atom is 0.239 e. The van der Waals surface area contributed by atoms with Crippen LogP contribution in [0.1, 0.15) is 25.8 Å². The fourth-order valence-corrected chi connectivity index (χ4v) is 2.90. The fourth-order valence-electron chi connectivity index (χ4n) is 1.88. The van der Waals surface area contributed by atoms with E-state index in [1.54, 1.807) is 18.2 Å². The SMILES string of the molecule is Cc1cc(Cl)ccc1NC(=O)CN(CCC(C)C)S(C)(=O)=O. The molecule has 1 aromatic rings. The summed E-state index contributed by atoms with van der Waals surface area (Å²) in [6.07, 6.45) is 1.83. The normalized spacial score (nSPS) is 12.0. The van der Waals surface area contributed by atoms with Gasteiger partial charge in [-0.25, -0.2) is 8.42 Å². The van der Waals surface area contributed by atoms with E-state index in [1.165, 1.54) is 4.31 Å². The third-order valence-corrected chi connectivity index (χ3v) is 4.69. The van der Waals surface area contributed by atoms with Crippen LogP contribution in [-0.4, -0.2) is 38.0 Å². The van der Waals surface area contributed by atoms with Gasteiger partial charge in [-0.2, -0.15) is 4.31 Å². The van der Waals surface area contributed by atoms with Crippen LogP contribution < -0.4 is 5.32 Å². The Morgan fingerprint density at radius 2 is 2.00 bits per heavy atom. The molecule has 1 N–H and O–H groups in total. The van der Waals surface area contributed by atoms with Gasteiger partial charge in [-0.15, -0.1) is 0 Å². The van der Waals surface area contributed by atoms with Gasteiger partial charge in [0.05, 0.1) is 12.8 Å². The predicted octanol–water partition coefficient (Wildman–Crippen LogP) is 2.89. The van der Waals surface area contributed by atoms with Crippen LogP contribution in [0.3, 0.4) is 0 Å². The van der Waals surface area contributed by atoms with Crippen molar-refractivity contribution in [2.24, 2.45) is 5.92 Å². The molecular formula is C15H23ClN2O3S. The first-order valence-electron chi connectivity index (χ1n) is 7.10. The van der Waals surface area contributed by atoms with Gasteiger partial charge in [-0.1, -0.05) is 25.4 Å². The Morgan fingerprint density at radius 3 is 2.50 bits per heavy atom. The van der Waals surface area contributed by atoms with Crippen LogP contribution in [0.2, 0.25) is 5.02 Å². The predicted molar refractivity (Wildman–Crippen MR) is 90.7 cm³/mol. The van der Waals surface area contributed by atoms with Gasteiger partial charge in [0, 0.05) is 17.3 Å². The monoisotopic (exact) mass is 346 g/mol. The number of benzene rings is 1. The maximum absolute atomic E-state index is 12.1. The largest absolute Gasteiger partial charge is 0.325 e. The molecule has 124 valence electrons. The Labute approximate surface area is 137 Å². The summed E-state index contributed by atoms with van der Waals surface area (Å²) in [4.78, 5) is 12.1. The molecule has 0 unspecified atom stereocenters. The van der Waals surface area contributed by atoms with Crippen molar-refractivity contribution in [2.45, 2.75) is 27.2 Å². The zero-order valence-electron chi connectivity index (χ0n) is 13.4. The van der Waals surface area contributed by atoms with Crippen LogP contribution >= 0.6 is 11.6 Å². The third kappa shape index (κ3) is 6.34. The van der Waals surface area contributed by atoms with Gasteiger partial charge >= 0.3 is 0 Å². The molecule has 0 radical (unpaired) electrons. The number of nitrogens with one attached hydrogen (secondary N) is 1. The first-order chi connectivity index (χ1) is 10.1. The van der Waals surface area contributed by atoms with Crippen molar-refractivity contribution in [1.82, 2.24) is 4.31 Å². The molecule has 0 saturated carbocycles. The second kappa shape index (κ2) is 7.94. The van der Waals surface area contributed by atoms with Crippen molar-refractivity contribution in [3.63, 3.8) is 0 Å². The number of amides is 1. The highest BCUT2D eigenvalue weighted by Gasteiger charge is 2.20. The van der Waals surface area contributed by atoms with Crippen LogP contribution in [0.4, 0.5) is 5.69 Å². The van der Waals surface area contributed by atoms with Crippen molar-refractivity contribution < 1.29 is 13.2 Å². The lowest BCUT2D eigenvalue weighted by atomic mass is 10.1. The summed E-state index contributed by atoms with van der Waals surface area (Å²) < 4.78 is 24.7. The molecule has 0 aliphatic carbocycles. The van der Waals surface area contributed by atoms with Gasteiger partial charge in [-0.05, 0) is 43.0 Å². The highest BCUT2D eigenvalue weighted by atomic mass is 35.5. The molecule has 0 saturated heterocycles. The molecule has 1 aromatic carbocycles. The van der Waals surface area contributed by atoms with Crippen LogP contribution in [0.15, 0.2) is 18.2 Å². The quantitative estimate of drug-likeness (QED) is 0.825. The molecule has 0 aliphatic rings. The molecule has 0 aliphatic heterocycles. The van der Waals surface area contributed by atoms with Gasteiger partial charge in [-0.3, -0.25) is 4.79 Å². The van der Waals surface area contributed by atoms with Crippen LogP contribution in [0, 0.1) is 12.8 Å². The lowest BCUT2D eigenvalue weighted by Crippen LogP contribution is -2.38. The molecule has 1 rings (SSSR count). The van der Waals surface area contributed by atoms with Gasteiger partial charge < -0.3 is 5.32 Å². The molecule has 0 atom stereocenters. The number of rotatable bonds is 7. The number of halogens is 1. The molecule has 5 nitrogen and oxygen atoms in total. The smallest absolute Gasteiger partial charge is 0.239 e. The van der Waals surface area contributed by atoms with Crippen LogP contribution in [0.5, 0.6) is 0 Å². The average molecular weight is 347 g/mol. The van der Waals surface area contributed by atoms with E-state index in [4.69, 9.17) is 11.6 Å². The molecule has 7 heteroatoms. The molecular weight excluding hydrogens is 324 g/mol. The van der Waals surface area contributed by atoms with Crippen molar-refractivity contribution in [1.29, 1.82) is 0 Å². The topological polar surface area (TPSA) is 66.5 Å². The number of sulfonamides is 1. The molecule has 0 heterocycles. The lowest BCUT2D eigenvalue weighted by molar-refractivity contribution is -0.116. The average Bonchev–Trinajstić information content (AvgIpc) is 2.36. The number of hydrogen-bond donors (Lipinski definition) is 1. The summed E-state index contributed by atoms with van der Waals surface area (Å²) in [5, 5.41) is 3.31. The fraction of sp³-hybridized carbons (Fsp3) is 0.533. The minimum absolute atomic E-state index is 0.187. The zero-order valence-corrected chi connectivity index (χ0v) is 15.0. The molecule has 0 spiro atoms. The molecule has 0 aromatic heterocycles. The van der Waals surface area contributed by atoms with Gasteiger partial charge in [0.25, 0.3) is 0 Å². The number of carbonyl (C=O) groups excluding carboxylic acids is 1. The zero-order chi connectivity index (χ0) is 16.9. The molecule has 1 amide bonds. The number of carbonyl (C=O) groups is 1. The van der Waals surface area contributed by atoms with Crippen molar-refractivity contribution in [2.75, 3.05) is 24.7 Å². The van der Waals surface area contributed by atoms with Gasteiger partial charge in [0.15, 0.2) is 0 Å². The number of hydrogen-bond acceptors (Lipinski definition) is 3. The Morgan fingerprint density at radius 1 is 1.36 bits per heavy atom. The van der Waals surface area contributed by atoms with E-state index < -0.39 is 10.0 Å². The summed E-state index contributed by atoms with van der Waals surface area (Å²) in [6.45, 7) is 6.00. The summed E-state index contributed by atoms with van der Waals surface area (Å²) in [6, 6.07) is 5.12. The lowest BCUT2D eigenvalue weighted by Gasteiger charge is -2.20. The third-order valence-electron chi connectivity index (χ3n) is 3.21. The Hall–Kier alpha value is -1.11. The van der Waals surface area contributed by atoms with E-state index in [9.17, 15) is 13.2 Å². The van der Waals surface area contributed by atoms with Gasteiger partial charge in [0.1, 0.15) is 0 Å². The van der Waals surface area contributed by atoms with E-state index in [0.717, 1.165) is 11.8 Å². The number of anilines is 1. The van der Waals surface area contributed by atoms with E-state index in [2.05, 4.69) is 5.32 Å². The first-order valence-corrected chi connectivity index (χ1v) is 9.33. The summed E-state index contributed by atoms with van der Waals surface area (Å²) in [5.74, 6) is 0.00502. The summed E-state index contributed by atoms with van der Waals surface area (Å²) in [5.41, 5.74) is 1.46.